The molecule has 2 aromatic rings. The third kappa shape index (κ3) is 4.15. The molecule has 0 unspecified atom stereocenters. The summed E-state index contributed by atoms with van der Waals surface area (Å²) in [4.78, 5) is 41.7. The van der Waals surface area contributed by atoms with Gasteiger partial charge >= 0.3 is 0 Å². The van der Waals surface area contributed by atoms with Gasteiger partial charge in [0.25, 0.3) is 17.7 Å². The van der Waals surface area contributed by atoms with E-state index in [0.29, 0.717) is 11.3 Å². The molecular formula is C25H26ClN3O3. The van der Waals surface area contributed by atoms with Crippen molar-refractivity contribution in [1.82, 2.24) is 4.90 Å². The topological polar surface area (TPSA) is 69.7 Å². The Hall–Kier alpha value is -3.12. The molecule has 0 radical (unpaired) electrons. The molecule has 0 bridgehead atoms. The Morgan fingerprint density at radius 3 is 2.41 bits per heavy atom. The van der Waals surface area contributed by atoms with Crippen molar-refractivity contribution in [3.05, 3.63) is 70.4 Å². The number of carbonyl (C=O) groups is 3. The number of hydrogen-bond acceptors (Lipinski definition) is 4. The number of para-hydroxylation sites is 1. The summed E-state index contributed by atoms with van der Waals surface area (Å²) in [7, 11) is 1.71. The number of nitrogens with one attached hydrogen (secondary N) is 1. The molecule has 2 aromatic carbocycles. The summed E-state index contributed by atoms with van der Waals surface area (Å²) >= 11 is 6.30. The van der Waals surface area contributed by atoms with Crippen molar-refractivity contribution in [2.45, 2.75) is 45.1 Å². The molecular weight excluding hydrogens is 426 g/mol. The summed E-state index contributed by atoms with van der Waals surface area (Å²) in [6.07, 6.45) is 4.74. The Morgan fingerprint density at radius 2 is 1.72 bits per heavy atom. The Morgan fingerprint density at radius 1 is 1.03 bits per heavy atom. The molecule has 0 saturated heterocycles. The Labute approximate surface area is 192 Å². The highest BCUT2D eigenvalue weighted by molar-refractivity contribution is 6.48. The smallest absolute Gasteiger partial charge is 0.279 e. The van der Waals surface area contributed by atoms with Gasteiger partial charge in [0.2, 0.25) is 0 Å². The SMILES string of the molecule is Cc1ccc(C(=O)N(C)c2ccccc2)cc1NC1=C(Cl)C(=O)N(C2CCCCC2)C1=O. The average Bonchev–Trinajstić information content (AvgIpc) is 3.03. The zero-order valence-electron chi connectivity index (χ0n) is 18.2. The Kier molecular flexibility index (Phi) is 6.33. The third-order valence-electron chi connectivity index (χ3n) is 6.19. The number of rotatable bonds is 5. The molecule has 4 rings (SSSR count). The lowest BCUT2D eigenvalue weighted by Gasteiger charge is -2.29. The van der Waals surface area contributed by atoms with Gasteiger partial charge in [0.1, 0.15) is 10.7 Å². The molecule has 7 heteroatoms. The second-order valence-corrected chi connectivity index (χ2v) is 8.69. The summed E-state index contributed by atoms with van der Waals surface area (Å²) in [5.74, 6) is -1.03. The lowest BCUT2D eigenvalue weighted by atomic mass is 9.94. The normalized spacial score (nSPS) is 17.2. The molecule has 0 atom stereocenters. The molecule has 6 nitrogen and oxygen atoms in total. The monoisotopic (exact) mass is 451 g/mol. The van der Waals surface area contributed by atoms with Gasteiger partial charge in [0.05, 0.1) is 0 Å². The van der Waals surface area contributed by atoms with Crippen molar-refractivity contribution in [3.63, 3.8) is 0 Å². The highest BCUT2D eigenvalue weighted by atomic mass is 35.5. The molecule has 32 heavy (non-hydrogen) atoms. The summed E-state index contributed by atoms with van der Waals surface area (Å²) < 4.78 is 0. The van der Waals surface area contributed by atoms with Crippen LogP contribution in [-0.2, 0) is 9.59 Å². The molecule has 1 saturated carbocycles. The van der Waals surface area contributed by atoms with Crippen LogP contribution in [0.5, 0.6) is 0 Å². The predicted octanol–water partition coefficient (Wildman–Crippen LogP) is 4.84. The van der Waals surface area contributed by atoms with Crippen molar-refractivity contribution in [2.75, 3.05) is 17.3 Å². The number of imide groups is 1. The van der Waals surface area contributed by atoms with E-state index in [0.717, 1.165) is 43.4 Å². The van der Waals surface area contributed by atoms with Crippen LogP contribution in [0, 0.1) is 6.92 Å². The number of anilines is 2. The lowest BCUT2D eigenvalue weighted by molar-refractivity contribution is -0.140. The van der Waals surface area contributed by atoms with E-state index in [9.17, 15) is 14.4 Å². The van der Waals surface area contributed by atoms with E-state index in [-0.39, 0.29) is 22.7 Å². The predicted molar refractivity (Wildman–Crippen MR) is 126 cm³/mol. The number of halogens is 1. The maximum absolute atomic E-state index is 13.1. The van der Waals surface area contributed by atoms with Crippen LogP contribution in [0.4, 0.5) is 11.4 Å². The fourth-order valence-electron chi connectivity index (χ4n) is 4.29. The van der Waals surface area contributed by atoms with E-state index in [2.05, 4.69) is 5.32 Å². The van der Waals surface area contributed by atoms with Gasteiger partial charge in [-0.2, -0.15) is 0 Å². The zero-order chi connectivity index (χ0) is 22.8. The molecule has 3 amide bonds. The van der Waals surface area contributed by atoms with Crippen molar-refractivity contribution >= 4 is 40.7 Å². The van der Waals surface area contributed by atoms with Gasteiger partial charge in [-0.25, -0.2) is 0 Å². The van der Waals surface area contributed by atoms with E-state index in [1.54, 1.807) is 24.1 Å². The number of hydrogen-bond donors (Lipinski definition) is 1. The van der Waals surface area contributed by atoms with Crippen LogP contribution in [-0.4, -0.2) is 35.7 Å². The van der Waals surface area contributed by atoms with Crippen molar-refractivity contribution < 1.29 is 14.4 Å². The third-order valence-corrected chi connectivity index (χ3v) is 6.54. The molecule has 1 heterocycles. The minimum atomic E-state index is -0.445. The largest absolute Gasteiger partial charge is 0.349 e. The minimum absolute atomic E-state index is 0.0753. The maximum Gasteiger partial charge on any atom is 0.279 e. The standard InChI is InChI=1S/C25H26ClN3O3/c1-16-13-14-17(23(30)28(2)18-9-5-3-6-10-18)15-20(16)27-22-21(26)24(31)29(25(22)32)19-11-7-4-8-12-19/h3,5-6,9-10,13-15,19,27H,4,7-8,11-12H2,1-2H3. The van der Waals surface area contributed by atoms with Gasteiger partial charge in [-0.05, 0) is 49.6 Å². The zero-order valence-corrected chi connectivity index (χ0v) is 19.0. The van der Waals surface area contributed by atoms with Crippen molar-refractivity contribution in [1.29, 1.82) is 0 Å². The number of nitrogens with zero attached hydrogens (tertiary/aromatic N) is 2. The van der Waals surface area contributed by atoms with Crippen molar-refractivity contribution in [2.24, 2.45) is 0 Å². The quantitative estimate of drug-likeness (QED) is 0.660. The molecule has 1 fully saturated rings. The van der Waals surface area contributed by atoms with Crippen molar-refractivity contribution in [3.8, 4) is 0 Å². The molecule has 1 aliphatic carbocycles. The van der Waals surface area contributed by atoms with Gasteiger partial charge < -0.3 is 10.2 Å². The maximum atomic E-state index is 13.1. The Bertz CT molecular complexity index is 1090. The number of carbonyl (C=O) groups excluding carboxylic acids is 3. The summed E-state index contributed by atoms with van der Waals surface area (Å²) in [5, 5.41) is 2.95. The highest BCUT2D eigenvalue weighted by Crippen LogP contribution is 2.33. The van der Waals surface area contributed by atoms with Gasteiger partial charge in [0.15, 0.2) is 0 Å². The van der Waals surface area contributed by atoms with Gasteiger partial charge in [-0.1, -0.05) is 55.1 Å². The summed E-state index contributed by atoms with van der Waals surface area (Å²) in [6.45, 7) is 1.87. The lowest BCUT2D eigenvalue weighted by Crippen LogP contribution is -2.42. The van der Waals surface area contributed by atoms with E-state index in [1.165, 1.54) is 4.90 Å². The fourth-order valence-corrected chi connectivity index (χ4v) is 4.50. The minimum Gasteiger partial charge on any atom is -0.349 e. The highest BCUT2D eigenvalue weighted by Gasteiger charge is 2.42. The Balaban J connectivity index is 1.57. The summed E-state index contributed by atoms with van der Waals surface area (Å²) in [5.41, 5.74) is 2.71. The van der Waals surface area contributed by atoms with Crippen LogP contribution in [0.25, 0.3) is 0 Å². The molecule has 0 spiro atoms. The van der Waals surface area contributed by atoms with Crippen LogP contribution in [0.15, 0.2) is 59.3 Å². The van der Waals surface area contributed by atoms with E-state index in [1.807, 2.05) is 43.3 Å². The molecule has 2 aliphatic rings. The number of benzene rings is 2. The fraction of sp³-hybridized carbons (Fsp3) is 0.320. The average molecular weight is 452 g/mol. The molecule has 1 aliphatic heterocycles. The second kappa shape index (κ2) is 9.17. The first-order valence-corrected chi connectivity index (χ1v) is 11.2. The molecule has 166 valence electrons. The van der Waals surface area contributed by atoms with Crippen LogP contribution in [0.2, 0.25) is 0 Å². The van der Waals surface area contributed by atoms with E-state index < -0.39 is 11.8 Å². The van der Waals surface area contributed by atoms with Gasteiger partial charge in [0, 0.05) is 30.0 Å². The number of aryl methyl sites for hydroxylation is 1. The van der Waals surface area contributed by atoms with Crippen LogP contribution in [0.1, 0.15) is 48.0 Å². The molecule has 0 aromatic heterocycles. The number of amides is 3. The van der Waals surface area contributed by atoms with Crippen LogP contribution in [0.3, 0.4) is 0 Å². The van der Waals surface area contributed by atoms with Gasteiger partial charge in [-0.3, -0.25) is 19.3 Å². The first kappa shape index (κ1) is 22.1. The summed E-state index contributed by atoms with van der Waals surface area (Å²) in [6, 6.07) is 14.5. The first-order chi connectivity index (χ1) is 15.4. The second-order valence-electron chi connectivity index (χ2n) is 8.32. The van der Waals surface area contributed by atoms with E-state index in [4.69, 9.17) is 11.6 Å². The molecule has 1 N–H and O–H groups in total. The van der Waals surface area contributed by atoms with Crippen LogP contribution < -0.4 is 10.2 Å². The first-order valence-electron chi connectivity index (χ1n) is 10.9. The van der Waals surface area contributed by atoms with E-state index >= 15 is 0 Å². The van der Waals surface area contributed by atoms with Crippen LogP contribution >= 0.6 is 11.6 Å². The van der Waals surface area contributed by atoms with Gasteiger partial charge in [-0.15, -0.1) is 0 Å².